The van der Waals surface area contributed by atoms with Gasteiger partial charge in [-0.2, -0.15) is 0 Å². The summed E-state index contributed by atoms with van der Waals surface area (Å²) < 4.78 is 24.8. The van der Waals surface area contributed by atoms with E-state index < -0.39 is 10.0 Å². The first-order valence-corrected chi connectivity index (χ1v) is 9.15. The first kappa shape index (κ1) is 15.0. The lowest BCUT2D eigenvalue weighted by atomic mass is 10.2. The molecule has 6 heteroatoms. The predicted molar refractivity (Wildman–Crippen MR) is 89.9 cm³/mol. The van der Waals surface area contributed by atoms with Crippen molar-refractivity contribution in [3.63, 3.8) is 0 Å². The zero-order chi connectivity index (χ0) is 15.9. The molecule has 0 aliphatic rings. The van der Waals surface area contributed by atoms with E-state index in [0.717, 1.165) is 11.4 Å². The number of hydrogen-bond donors (Lipinski definition) is 1. The van der Waals surface area contributed by atoms with Crippen LogP contribution in [0, 0.1) is 13.8 Å². The molecule has 2 aromatic heterocycles. The average molecular weight is 332 g/mol. The smallest absolute Gasteiger partial charge is 0.238 e. The van der Waals surface area contributed by atoms with Crippen LogP contribution in [0.3, 0.4) is 0 Å². The summed E-state index contributed by atoms with van der Waals surface area (Å²) in [6.07, 6.45) is 1.99. The molecule has 0 saturated carbocycles. The van der Waals surface area contributed by atoms with Crippen LogP contribution in [0.25, 0.3) is 16.3 Å². The molecule has 0 unspecified atom stereocenters. The fraction of sp³-hybridized carbons (Fsp3) is 0.125. The van der Waals surface area contributed by atoms with Crippen LogP contribution >= 0.6 is 11.3 Å². The second-order valence-electron chi connectivity index (χ2n) is 5.24. The molecule has 1 aromatic carbocycles. The topological polar surface area (TPSA) is 65.1 Å². The third kappa shape index (κ3) is 2.72. The van der Waals surface area contributed by atoms with Gasteiger partial charge in [-0.15, -0.1) is 11.3 Å². The summed E-state index contributed by atoms with van der Waals surface area (Å²) in [5, 5.41) is 7.26. The molecule has 0 fully saturated rings. The summed E-state index contributed by atoms with van der Waals surface area (Å²) in [5.74, 6) is 0. The highest BCUT2D eigenvalue weighted by Crippen LogP contribution is 2.32. The van der Waals surface area contributed by atoms with Gasteiger partial charge in [-0.3, -0.25) is 0 Å². The summed E-state index contributed by atoms with van der Waals surface area (Å²) >= 11 is 1.70. The summed E-state index contributed by atoms with van der Waals surface area (Å²) in [6.45, 7) is 4.14. The first-order valence-electron chi connectivity index (χ1n) is 6.73. The molecule has 0 bridgehead atoms. The third-order valence-corrected chi connectivity index (χ3v) is 5.48. The monoisotopic (exact) mass is 332 g/mol. The molecule has 0 radical (unpaired) electrons. The highest BCUT2D eigenvalue weighted by atomic mass is 32.2. The molecule has 3 aromatic rings. The van der Waals surface area contributed by atoms with Gasteiger partial charge in [0.1, 0.15) is 0 Å². The Bertz CT molecular complexity index is 919. The Morgan fingerprint density at radius 3 is 2.32 bits per heavy atom. The maximum absolute atomic E-state index is 11.3. The minimum Gasteiger partial charge on any atom is -0.316 e. The molecule has 0 spiro atoms. The lowest BCUT2D eigenvalue weighted by molar-refractivity contribution is 0.598. The summed E-state index contributed by atoms with van der Waals surface area (Å²) in [6, 6.07) is 10.8. The number of sulfonamides is 1. The number of aryl methyl sites for hydroxylation is 2. The number of benzene rings is 1. The quantitative estimate of drug-likeness (QED) is 0.798. The lowest BCUT2D eigenvalue weighted by Crippen LogP contribution is -2.12. The van der Waals surface area contributed by atoms with Gasteiger partial charge in [0.25, 0.3) is 0 Å². The molecule has 22 heavy (non-hydrogen) atoms. The number of nitrogens with zero attached hydrogens (tertiary/aromatic N) is 1. The molecule has 2 heterocycles. The van der Waals surface area contributed by atoms with Gasteiger partial charge in [-0.1, -0.05) is 0 Å². The Labute approximate surface area is 133 Å². The van der Waals surface area contributed by atoms with Crippen molar-refractivity contribution in [2.75, 3.05) is 0 Å². The molecule has 3 rings (SSSR count). The van der Waals surface area contributed by atoms with Crippen molar-refractivity contribution in [1.82, 2.24) is 4.57 Å². The van der Waals surface area contributed by atoms with Gasteiger partial charge in [0.05, 0.1) is 15.5 Å². The van der Waals surface area contributed by atoms with E-state index in [2.05, 4.69) is 35.9 Å². The lowest BCUT2D eigenvalue weighted by Gasteiger charge is -2.10. The summed E-state index contributed by atoms with van der Waals surface area (Å²) in [7, 11) is -3.66. The number of aromatic nitrogens is 1. The SMILES string of the molecule is Cc1csc(-c2c(C)ccn2-c2ccc(S(N)(=O)=O)cc2)c1. The number of rotatable bonds is 3. The molecule has 0 atom stereocenters. The van der Waals surface area contributed by atoms with E-state index in [9.17, 15) is 8.42 Å². The molecule has 2 N–H and O–H groups in total. The van der Waals surface area contributed by atoms with Crippen LogP contribution in [-0.2, 0) is 10.0 Å². The number of hydrogen-bond acceptors (Lipinski definition) is 3. The maximum atomic E-state index is 11.3. The Kier molecular flexibility index (Phi) is 3.68. The molecule has 4 nitrogen and oxygen atoms in total. The van der Waals surface area contributed by atoms with Crippen LogP contribution in [-0.4, -0.2) is 13.0 Å². The highest BCUT2D eigenvalue weighted by molar-refractivity contribution is 7.89. The maximum Gasteiger partial charge on any atom is 0.238 e. The van der Waals surface area contributed by atoms with E-state index in [4.69, 9.17) is 5.14 Å². The van der Waals surface area contributed by atoms with E-state index >= 15 is 0 Å². The van der Waals surface area contributed by atoms with Crippen LogP contribution in [0.5, 0.6) is 0 Å². The standard InChI is InChI=1S/C16H16N2O2S2/c1-11-9-15(21-10-11)16-12(2)7-8-18(16)13-3-5-14(6-4-13)22(17,19)20/h3-10H,1-2H3,(H2,17,19,20). The van der Waals surface area contributed by atoms with Gasteiger partial charge < -0.3 is 4.57 Å². The Morgan fingerprint density at radius 1 is 1.09 bits per heavy atom. The van der Waals surface area contributed by atoms with Crippen molar-refractivity contribution in [3.05, 3.63) is 59.1 Å². The Morgan fingerprint density at radius 2 is 1.77 bits per heavy atom. The third-order valence-electron chi connectivity index (χ3n) is 3.50. The van der Waals surface area contributed by atoms with E-state index in [0.29, 0.717) is 0 Å². The van der Waals surface area contributed by atoms with E-state index in [1.807, 2.05) is 6.20 Å². The van der Waals surface area contributed by atoms with Crippen molar-refractivity contribution >= 4 is 21.4 Å². The minimum atomic E-state index is -3.66. The van der Waals surface area contributed by atoms with Gasteiger partial charge in [-0.05, 0) is 66.8 Å². The normalized spacial score (nSPS) is 11.8. The number of nitrogens with two attached hydrogens (primary N) is 1. The molecule has 0 aliphatic heterocycles. The van der Waals surface area contributed by atoms with Gasteiger partial charge in [0.2, 0.25) is 10.0 Å². The van der Waals surface area contributed by atoms with Crippen molar-refractivity contribution in [2.45, 2.75) is 18.7 Å². The minimum absolute atomic E-state index is 0.119. The van der Waals surface area contributed by atoms with Crippen molar-refractivity contribution in [2.24, 2.45) is 5.14 Å². The van der Waals surface area contributed by atoms with Crippen LogP contribution in [0.4, 0.5) is 0 Å². The van der Waals surface area contributed by atoms with Crippen molar-refractivity contribution in [1.29, 1.82) is 0 Å². The number of thiophene rings is 1. The summed E-state index contributed by atoms with van der Waals surface area (Å²) in [4.78, 5) is 1.31. The second kappa shape index (κ2) is 5.39. The van der Waals surface area contributed by atoms with Crippen LogP contribution in [0.15, 0.2) is 52.9 Å². The second-order valence-corrected chi connectivity index (χ2v) is 7.72. The predicted octanol–water partition coefficient (Wildman–Crippen LogP) is 3.47. The molecule has 0 saturated heterocycles. The molecule has 0 aliphatic carbocycles. The number of primary sulfonamides is 1. The van der Waals surface area contributed by atoms with Crippen molar-refractivity contribution in [3.8, 4) is 16.3 Å². The van der Waals surface area contributed by atoms with E-state index in [-0.39, 0.29) is 4.90 Å². The van der Waals surface area contributed by atoms with Gasteiger partial charge in [0.15, 0.2) is 0 Å². The van der Waals surface area contributed by atoms with E-state index in [1.165, 1.54) is 28.1 Å². The van der Waals surface area contributed by atoms with Crippen molar-refractivity contribution < 1.29 is 8.42 Å². The van der Waals surface area contributed by atoms with Gasteiger partial charge in [-0.25, -0.2) is 13.6 Å². The fourth-order valence-corrected chi connectivity index (χ4v) is 3.93. The zero-order valence-corrected chi connectivity index (χ0v) is 13.9. The highest BCUT2D eigenvalue weighted by Gasteiger charge is 2.13. The van der Waals surface area contributed by atoms with Crippen LogP contribution in [0.2, 0.25) is 0 Å². The summed E-state index contributed by atoms with van der Waals surface area (Å²) in [5.41, 5.74) is 4.44. The first-order chi connectivity index (χ1) is 10.4. The Balaban J connectivity index is 2.10. The molecule has 0 amide bonds. The van der Waals surface area contributed by atoms with Gasteiger partial charge >= 0.3 is 0 Å². The van der Waals surface area contributed by atoms with Crippen LogP contribution in [0.1, 0.15) is 11.1 Å². The molecule has 114 valence electrons. The fourth-order valence-electron chi connectivity index (χ4n) is 2.41. The largest absolute Gasteiger partial charge is 0.316 e. The van der Waals surface area contributed by atoms with Crippen LogP contribution < -0.4 is 5.14 Å². The molecular formula is C16H16N2O2S2. The average Bonchev–Trinajstić information content (AvgIpc) is 3.04. The zero-order valence-electron chi connectivity index (χ0n) is 12.3. The van der Waals surface area contributed by atoms with E-state index in [1.54, 1.807) is 23.5 Å². The molecular weight excluding hydrogens is 316 g/mol. The van der Waals surface area contributed by atoms with Gasteiger partial charge in [0, 0.05) is 11.9 Å². The Hall–Kier alpha value is -1.89.